The van der Waals surface area contributed by atoms with Crippen LogP contribution in [0.3, 0.4) is 0 Å². The molecular weight excluding hydrogens is 436 g/mol. The molecule has 1 saturated heterocycles. The first-order valence-corrected chi connectivity index (χ1v) is 10.5. The second kappa shape index (κ2) is 9.36. The first-order chi connectivity index (χ1) is 15.4. The van der Waals surface area contributed by atoms with E-state index in [9.17, 15) is 18.4 Å². The predicted octanol–water partition coefficient (Wildman–Crippen LogP) is 5.70. The number of hydrogen-bond acceptors (Lipinski definition) is 2. The average Bonchev–Trinajstić information content (AvgIpc) is 2.78. The lowest BCUT2D eigenvalue weighted by molar-refractivity contribution is 0.102. The highest BCUT2D eigenvalue weighted by atomic mass is 35.5. The Morgan fingerprint density at radius 3 is 2.47 bits per heavy atom. The molecule has 3 amide bonds. The predicted molar refractivity (Wildman–Crippen MR) is 120 cm³/mol. The van der Waals surface area contributed by atoms with Crippen molar-refractivity contribution in [1.29, 1.82) is 0 Å². The van der Waals surface area contributed by atoms with Crippen LogP contribution in [-0.4, -0.2) is 29.9 Å². The fraction of sp³-hybridized carbons (Fsp3) is 0.167. The summed E-state index contributed by atoms with van der Waals surface area (Å²) in [6.45, 7) is 1.07. The van der Waals surface area contributed by atoms with E-state index in [2.05, 4.69) is 5.32 Å². The van der Waals surface area contributed by atoms with Gasteiger partial charge in [-0.05, 0) is 48.9 Å². The summed E-state index contributed by atoms with van der Waals surface area (Å²) < 4.78 is 27.2. The second-order valence-corrected chi connectivity index (χ2v) is 7.83. The summed E-state index contributed by atoms with van der Waals surface area (Å²) in [5.74, 6) is -1.65. The Balaban J connectivity index is 1.44. The van der Waals surface area contributed by atoms with E-state index in [1.54, 1.807) is 53.4 Å². The van der Waals surface area contributed by atoms with Gasteiger partial charge in [0.15, 0.2) is 0 Å². The first-order valence-electron chi connectivity index (χ1n) is 10.1. The van der Waals surface area contributed by atoms with Gasteiger partial charge in [0.25, 0.3) is 5.91 Å². The minimum atomic E-state index is -0.673. The highest BCUT2D eigenvalue weighted by molar-refractivity contribution is 6.34. The number of nitrogens with zero attached hydrogens (tertiary/aromatic N) is 2. The van der Waals surface area contributed by atoms with Gasteiger partial charge in [-0.15, -0.1) is 0 Å². The third-order valence-corrected chi connectivity index (χ3v) is 5.57. The van der Waals surface area contributed by atoms with Gasteiger partial charge in [0.05, 0.1) is 17.1 Å². The van der Waals surface area contributed by atoms with Gasteiger partial charge in [0.1, 0.15) is 11.6 Å². The smallest absolute Gasteiger partial charge is 0.322 e. The molecule has 0 aromatic heterocycles. The van der Waals surface area contributed by atoms with E-state index >= 15 is 0 Å². The van der Waals surface area contributed by atoms with Crippen LogP contribution in [0.2, 0.25) is 5.02 Å². The molecule has 3 aromatic rings. The lowest BCUT2D eigenvalue weighted by atomic mass is 10.1. The number of carbonyl (C=O) groups excluding carboxylic acids is 2. The molecule has 0 atom stereocenters. The van der Waals surface area contributed by atoms with Gasteiger partial charge in [0.2, 0.25) is 0 Å². The molecule has 0 radical (unpaired) electrons. The molecule has 1 fully saturated rings. The van der Waals surface area contributed by atoms with E-state index in [0.29, 0.717) is 41.5 Å². The number of amides is 3. The third kappa shape index (κ3) is 4.73. The zero-order valence-corrected chi connectivity index (χ0v) is 17.8. The molecule has 5 nitrogen and oxygen atoms in total. The number of carbonyl (C=O) groups is 2. The van der Waals surface area contributed by atoms with Crippen LogP contribution in [-0.2, 0) is 6.54 Å². The molecule has 0 spiro atoms. The van der Waals surface area contributed by atoms with Crippen LogP contribution in [0.4, 0.5) is 25.0 Å². The lowest BCUT2D eigenvalue weighted by Crippen LogP contribution is -2.49. The molecule has 0 unspecified atom stereocenters. The zero-order chi connectivity index (χ0) is 22.7. The van der Waals surface area contributed by atoms with Crippen LogP contribution in [0.1, 0.15) is 22.3 Å². The summed E-state index contributed by atoms with van der Waals surface area (Å²) in [5.41, 5.74) is 1.86. The molecule has 8 heteroatoms. The largest absolute Gasteiger partial charge is 0.324 e. The number of halogens is 3. The van der Waals surface area contributed by atoms with E-state index in [-0.39, 0.29) is 24.0 Å². The fourth-order valence-electron chi connectivity index (χ4n) is 3.59. The Hall–Kier alpha value is -3.45. The van der Waals surface area contributed by atoms with E-state index < -0.39 is 11.6 Å². The lowest BCUT2D eigenvalue weighted by Gasteiger charge is -2.35. The number of urea groups is 1. The Labute approximate surface area is 189 Å². The Kier molecular flexibility index (Phi) is 6.37. The average molecular weight is 456 g/mol. The fourth-order valence-corrected chi connectivity index (χ4v) is 3.81. The monoisotopic (exact) mass is 455 g/mol. The minimum absolute atomic E-state index is 0.0629. The van der Waals surface area contributed by atoms with Crippen molar-refractivity contribution in [3.63, 3.8) is 0 Å². The second-order valence-electron chi connectivity index (χ2n) is 7.43. The van der Waals surface area contributed by atoms with E-state index in [1.807, 2.05) is 0 Å². The molecule has 0 saturated carbocycles. The number of hydrogen-bond donors (Lipinski definition) is 1. The van der Waals surface area contributed by atoms with Gasteiger partial charge >= 0.3 is 6.03 Å². The summed E-state index contributed by atoms with van der Waals surface area (Å²) in [4.78, 5) is 28.5. The highest BCUT2D eigenvalue weighted by Crippen LogP contribution is 2.25. The summed E-state index contributed by atoms with van der Waals surface area (Å²) >= 11 is 6.07. The van der Waals surface area contributed by atoms with Crippen LogP contribution in [0.15, 0.2) is 66.7 Å². The van der Waals surface area contributed by atoms with Gasteiger partial charge < -0.3 is 10.2 Å². The van der Waals surface area contributed by atoms with Crippen molar-refractivity contribution in [2.75, 3.05) is 23.3 Å². The van der Waals surface area contributed by atoms with Crippen molar-refractivity contribution < 1.29 is 18.4 Å². The number of benzene rings is 3. The van der Waals surface area contributed by atoms with Gasteiger partial charge in [-0.2, -0.15) is 0 Å². The van der Waals surface area contributed by atoms with Gasteiger partial charge in [0, 0.05) is 36.1 Å². The van der Waals surface area contributed by atoms with E-state index in [0.717, 1.165) is 6.07 Å². The molecule has 1 heterocycles. The topological polar surface area (TPSA) is 52.7 Å². The first kappa shape index (κ1) is 21.8. The SMILES string of the molecule is O=C(Nc1ccc(N2CCCN(Cc3ccc(F)cc3F)C2=O)cc1)c1ccccc1Cl. The van der Waals surface area contributed by atoms with Crippen molar-refractivity contribution in [3.8, 4) is 0 Å². The van der Waals surface area contributed by atoms with E-state index in [1.165, 1.54) is 17.0 Å². The van der Waals surface area contributed by atoms with Crippen molar-refractivity contribution in [1.82, 2.24) is 4.90 Å². The Morgan fingerprint density at radius 1 is 1.00 bits per heavy atom. The number of rotatable bonds is 5. The van der Waals surface area contributed by atoms with Crippen LogP contribution >= 0.6 is 11.6 Å². The summed E-state index contributed by atoms with van der Waals surface area (Å²) in [5, 5.41) is 3.14. The third-order valence-electron chi connectivity index (χ3n) is 5.24. The minimum Gasteiger partial charge on any atom is -0.322 e. The maximum atomic E-state index is 14.0. The number of nitrogens with one attached hydrogen (secondary N) is 1. The van der Waals surface area contributed by atoms with Crippen LogP contribution < -0.4 is 10.2 Å². The van der Waals surface area contributed by atoms with Gasteiger partial charge in [-0.3, -0.25) is 9.69 Å². The van der Waals surface area contributed by atoms with Crippen LogP contribution in [0.25, 0.3) is 0 Å². The van der Waals surface area contributed by atoms with Crippen molar-refractivity contribution in [3.05, 3.63) is 94.5 Å². The molecule has 164 valence electrons. The summed E-state index contributed by atoms with van der Waals surface area (Å²) in [7, 11) is 0. The molecule has 1 aliphatic rings. The molecule has 3 aromatic carbocycles. The highest BCUT2D eigenvalue weighted by Gasteiger charge is 2.27. The standard InChI is InChI=1S/C24H20ClF2N3O2/c25-21-5-2-1-4-20(21)23(31)28-18-8-10-19(11-9-18)30-13-3-12-29(24(30)32)15-16-6-7-17(26)14-22(16)27/h1-2,4-11,14H,3,12-13,15H2,(H,28,31). The molecule has 1 N–H and O–H groups in total. The molecular formula is C24H20ClF2N3O2. The Bertz CT molecular complexity index is 1150. The molecule has 1 aliphatic heterocycles. The summed E-state index contributed by atoms with van der Waals surface area (Å²) in [6.07, 6.45) is 0.708. The normalized spacial score (nSPS) is 13.9. The van der Waals surface area contributed by atoms with Crippen LogP contribution in [0.5, 0.6) is 0 Å². The quantitative estimate of drug-likeness (QED) is 0.536. The van der Waals surface area contributed by atoms with Crippen molar-refractivity contribution in [2.45, 2.75) is 13.0 Å². The summed E-state index contributed by atoms with van der Waals surface area (Å²) in [6, 6.07) is 16.7. The maximum Gasteiger partial charge on any atom is 0.324 e. The Morgan fingerprint density at radius 2 is 1.75 bits per heavy atom. The van der Waals surface area contributed by atoms with Crippen LogP contribution in [0, 0.1) is 11.6 Å². The molecule has 4 rings (SSSR count). The molecule has 0 bridgehead atoms. The van der Waals surface area contributed by atoms with Gasteiger partial charge in [-0.25, -0.2) is 13.6 Å². The van der Waals surface area contributed by atoms with E-state index in [4.69, 9.17) is 11.6 Å². The molecule has 32 heavy (non-hydrogen) atoms. The van der Waals surface area contributed by atoms with Gasteiger partial charge in [-0.1, -0.05) is 29.8 Å². The zero-order valence-electron chi connectivity index (χ0n) is 17.0. The van der Waals surface area contributed by atoms with Crippen molar-refractivity contribution >= 4 is 34.9 Å². The maximum absolute atomic E-state index is 14.0. The number of anilines is 2. The van der Waals surface area contributed by atoms with Crippen molar-refractivity contribution in [2.24, 2.45) is 0 Å². The molecule has 0 aliphatic carbocycles.